The van der Waals surface area contributed by atoms with E-state index in [1.807, 2.05) is 6.92 Å². The molecule has 0 saturated heterocycles. The Kier molecular flexibility index (Phi) is 5.33. The first kappa shape index (κ1) is 11.9. The fraction of sp³-hybridized carbons (Fsp3) is 1.00. The van der Waals surface area contributed by atoms with Crippen LogP contribution in [0.4, 0.5) is 8.78 Å². The van der Waals surface area contributed by atoms with Crippen molar-refractivity contribution in [2.75, 3.05) is 13.2 Å². The second-order valence-corrected chi connectivity index (χ2v) is 3.71. The zero-order valence-corrected chi connectivity index (χ0v) is 8.64. The van der Waals surface area contributed by atoms with Gasteiger partial charge in [-0.05, 0) is 19.4 Å². The zero-order valence-electron chi connectivity index (χ0n) is 8.64. The predicted molar refractivity (Wildman–Crippen MR) is 51.7 cm³/mol. The molecule has 2 atom stereocenters. The lowest BCUT2D eigenvalue weighted by Crippen LogP contribution is -2.44. The maximum Gasteiger partial charge on any atom is 0.261 e. The molecule has 1 rings (SSSR count). The summed E-state index contributed by atoms with van der Waals surface area (Å²) in [6, 6.07) is 0.271. The number of alkyl halides is 2. The SMILES string of the molecule is CCNC1CCCCC1OCC(F)F. The number of likely N-dealkylation sites (N-methyl/N-ethyl adjacent to an activating group) is 1. The Labute approximate surface area is 84.0 Å². The smallest absolute Gasteiger partial charge is 0.261 e. The summed E-state index contributed by atoms with van der Waals surface area (Å²) in [4.78, 5) is 0. The van der Waals surface area contributed by atoms with E-state index in [2.05, 4.69) is 5.32 Å². The molecule has 0 aromatic heterocycles. The van der Waals surface area contributed by atoms with Crippen molar-refractivity contribution in [2.24, 2.45) is 0 Å². The molecule has 1 aliphatic rings. The highest BCUT2D eigenvalue weighted by Gasteiger charge is 2.25. The number of hydrogen-bond donors (Lipinski definition) is 1. The molecule has 2 nitrogen and oxygen atoms in total. The first-order valence-corrected chi connectivity index (χ1v) is 5.37. The van der Waals surface area contributed by atoms with Crippen molar-refractivity contribution < 1.29 is 13.5 Å². The molecule has 0 aromatic carbocycles. The third-order valence-electron chi connectivity index (χ3n) is 2.61. The minimum absolute atomic E-state index is 0.0160. The Morgan fingerprint density at radius 3 is 2.71 bits per heavy atom. The number of hydrogen-bond acceptors (Lipinski definition) is 2. The Morgan fingerprint density at radius 1 is 1.36 bits per heavy atom. The Bertz CT molecular complexity index is 153. The molecule has 1 saturated carbocycles. The summed E-state index contributed by atoms with van der Waals surface area (Å²) in [6.07, 6.45) is 1.85. The molecule has 1 aliphatic carbocycles. The van der Waals surface area contributed by atoms with Crippen LogP contribution in [0, 0.1) is 0 Å². The van der Waals surface area contributed by atoms with Crippen LogP contribution in [0.15, 0.2) is 0 Å². The number of halogens is 2. The van der Waals surface area contributed by atoms with Crippen LogP contribution in [-0.2, 0) is 4.74 Å². The lowest BCUT2D eigenvalue weighted by Gasteiger charge is -2.31. The summed E-state index contributed by atoms with van der Waals surface area (Å²) < 4.78 is 29.1. The fourth-order valence-corrected chi connectivity index (χ4v) is 1.99. The molecule has 2 unspecified atom stereocenters. The van der Waals surface area contributed by atoms with Crippen LogP contribution in [-0.4, -0.2) is 31.7 Å². The Morgan fingerprint density at radius 2 is 2.07 bits per heavy atom. The van der Waals surface area contributed by atoms with Gasteiger partial charge in [0.25, 0.3) is 6.43 Å². The largest absolute Gasteiger partial charge is 0.371 e. The van der Waals surface area contributed by atoms with Crippen LogP contribution < -0.4 is 5.32 Å². The number of nitrogens with one attached hydrogen (secondary N) is 1. The van der Waals surface area contributed by atoms with Crippen molar-refractivity contribution in [1.82, 2.24) is 5.32 Å². The van der Waals surface area contributed by atoms with Crippen LogP contribution >= 0.6 is 0 Å². The van der Waals surface area contributed by atoms with Crippen molar-refractivity contribution >= 4 is 0 Å². The van der Waals surface area contributed by atoms with Gasteiger partial charge in [0.1, 0.15) is 6.61 Å². The van der Waals surface area contributed by atoms with Gasteiger partial charge in [0, 0.05) is 6.04 Å². The van der Waals surface area contributed by atoms with Gasteiger partial charge in [-0.15, -0.1) is 0 Å². The highest BCUT2D eigenvalue weighted by atomic mass is 19.3. The fourth-order valence-electron chi connectivity index (χ4n) is 1.99. The van der Waals surface area contributed by atoms with Gasteiger partial charge in [0.15, 0.2) is 0 Å². The molecular weight excluding hydrogens is 188 g/mol. The second-order valence-electron chi connectivity index (χ2n) is 3.71. The molecular formula is C10H19F2NO. The van der Waals surface area contributed by atoms with E-state index in [1.165, 1.54) is 6.42 Å². The van der Waals surface area contributed by atoms with Gasteiger partial charge < -0.3 is 10.1 Å². The maximum absolute atomic E-state index is 12.0. The normalized spacial score (nSPS) is 28.3. The van der Waals surface area contributed by atoms with Crippen LogP contribution in [0.1, 0.15) is 32.6 Å². The van der Waals surface area contributed by atoms with Gasteiger partial charge in [-0.25, -0.2) is 8.78 Å². The molecule has 1 fully saturated rings. The average molecular weight is 207 g/mol. The highest BCUT2D eigenvalue weighted by Crippen LogP contribution is 2.21. The van der Waals surface area contributed by atoms with E-state index in [9.17, 15) is 8.78 Å². The van der Waals surface area contributed by atoms with Gasteiger partial charge in [0.05, 0.1) is 6.10 Å². The second kappa shape index (κ2) is 6.30. The van der Waals surface area contributed by atoms with Crippen molar-refractivity contribution in [2.45, 2.75) is 51.2 Å². The zero-order chi connectivity index (χ0) is 10.4. The third-order valence-corrected chi connectivity index (χ3v) is 2.61. The van der Waals surface area contributed by atoms with Crippen LogP contribution in [0.5, 0.6) is 0 Å². The maximum atomic E-state index is 12.0. The molecule has 0 aromatic rings. The summed E-state index contributed by atoms with van der Waals surface area (Å²) in [6.45, 7) is 2.48. The van der Waals surface area contributed by atoms with E-state index in [0.717, 1.165) is 25.8 Å². The number of ether oxygens (including phenoxy) is 1. The molecule has 4 heteroatoms. The van der Waals surface area contributed by atoms with Crippen molar-refractivity contribution in [3.63, 3.8) is 0 Å². The molecule has 1 N–H and O–H groups in total. The Hall–Kier alpha value is -0.220. The van der Waals surface area contributed by atoms with E-state index in [1.54, 1.807) is 0 Å². The first-order chi connectivity index (χ1) is 6.74. The highest BCUT2D eigenvalue weighted by molar-refractivity contribution is 4.81. The van der Waals surface area contributed by atoms with Gasteiger partial charge >= 0.3 is 0 Å². The summed E-state index contributed by atoms with van der Waals surface area (Å²) in [5.74, 6) is 0. The number of rotatable bonds is 5. The molecule has 0 bridgehead atoms. The van der Waals surface area contributed by atoms with Gasteiger partial charge in [-0.2, -0.15) is 0 Å². The van der Waals surface area contributed by atoms with E-state index in [4.69, 9.17) is 4.74 Å². The molecule has 0 spiro atoms. The lowest BCUT2D eigenvalue weighted by atomic mass is 9.92. The van der Waals surface area contributed by atoms with Gasteiger partial charge in [-0.3, -0.25) is 0 Å². The average Bonchev–Trinajstić information content (AvgIpc) is 2.17. The minimum atomic E-state index is -2.35. The lowest BCUT2D eigenvalue weighted by molar-refractivity contribution is -0.0493. The molecule has 0 amide bonds. The summed E-state index contributed by atoms with van der Waals surface area (Å²) in [5, 5.41) is 3.29. The Balaban J connectivity index is 2.30. The summed E-state index contributed by atoms with van der Waals surface area (Å²) >= 11 is 0. The first-order valence-electron chi connectivity index (χ1n) is 5.37. The van der Waals surface area contributed by atoms with E-state index < -0.39 is 13.0 Å². The molecule has 14 heavy (non-hydrogen) atoms. The third kappa shape index (κ3) is 3.88. The molecule has 84 valence electrons. The summed E-state index contributed by atoms with van der Waals surface area (Å²) in [7, 11) is 0. The van der Waals surface area contributed by atoms with Gasteiger partial charge in [0.2, 0.25) is 0 Å². The quantitative estimate of drug-likeness (QED) is 0.746. The van der Waals surface area contributed by atoms with Crippen LogP contribution in [0.2, 0.25) is 0 Å². The van der Waals surface area contributed by atoms with E-state index >= 15 is 0 Å². The predicted octanol–water partition coefficient (Wildman–Crippen LogP) is 2.19. The summed E-state index contributed by atoms with van der Waals surface area (Å²) in [5.41, 5.74) is 0. The van der Waals surface area contributed by atoms with Crippen molar-refractivity contribution in [3.8, 4) is 0 Å². The van der Waals surface area contributed by atoms with Crippen molar-refractivity contribution in [1.29, 1.82) is 0 Å². The van der Waals surface area contributed by atoms with Crippen molar-refractivity contribution in [3.05, 3.63) is 0 Å². The van der Waals surface area contributed by atoms with Crippen LogP contribution in [0.3, 0.4) is 0 Å². The van der Waals surface area contributed by atoms with Gasteiger partial charge in [-0.1, -0.05) is 19.8 Å². The molecule has 0 aliphatic heterocycles. The van der Waals surface area contributed by atoms with E-state index in [-0.39, 0.29) is 12.1 Å². The monoisotopic (exact) mass is 207 g/mol. The molecule has 0 heterocycles. The minimum Gasteiger partial charge on any atom is -0.371 e. The van der Waals surface area contributed by atoms with Crippen LogP contribution in [0.25, 0.3) is 0 Å². The standard InChI is InChI=1S/C10H19F2NO/c1-2-13-8-5-3-4-6-9(8)14-7-10(11)12/h8-10,13H,2-7H2,1H3. The molecule has 0 radical (unpaired) electrons. The van der Waals surface area contributed by atoms with E-state index in [0.29, 0.717) is 0 Å². The topological polar surface area (TPSA) is 21.3 Å².